The van der Waals surface area contributed by atoms with Gasteiger partial charge in [-0.3, -0.25) is 0 Å². The zero-order valence-corrected chi connectivity index (χ0v) is 23.7. The molecular formula is C27H41N5O2Si. The number of rotatable bonds is 7. The van der Waals surface area contributed by atoms with Crippen molar-refractivity contribution in [1.82, 2.24) is 19.5 Å². The van der Waals surface area contributed by atoms with Crippen LogP contribution in [-0.4, -0.2) is 54.1 Å². The van der Waals surface area contributed by atoms with Gasteiger partial charge in [0.1, 0.15) is 22.8 Å². The molecule has 1 fully saturated rings. The number of anilines is 1. The molecule has 3 aromatic rings. The van der Waals surface area contributed by atoms with Gasteiger partial charge in [0.15, 0.2) is 5.65 Å². The van der Waals surface area contributed by atoms with Crippen molar-refractivity contribution in [3.8, 4) is 17.0 Å². The second kappa shape index (κ2) is 9.89. The lowest BCUT2D eigenvalue weighted by atomic mass is 10.1. The highest BCUT2D eigenvalue weighted by molar-refractivity contribution is 6.74. The highest BCUT2D eigenvalue weighted by atomic mass is 28.4. The molecule has 1 saturated heterocycles. The van der Waals surface area contributed by atoms with Gasteiger partial charge in [-0.1, -0.05) is 46.8 Å². The number of ether oxygens (including phenoxy) is 1. The Balaban J connectivity index is 1.89. The minimum atomic E-state index is -1.97. The lowest BCUT2D eigenvalue weighted by molar-refractivity contribution is 0.122. The van der Waals surface area contributed by atoms with Crippen LogP contribution in [0.5, 0.6) is 5.75 Å². The van der Waals surface area contributed by atoms with Crippen molar-refractivity contribution in [2.24, 2.45) is 0 Å². The van der Waals surface area contributed by atoms with Crippen molar-refractivity contribution >= 4 is 25.4 Å². The summed E-state index contributed by atoms with van der Waals surface area (Å²) < 4.78 is 14.5. The van der Waals surface area contributed by atoms with Crippen LogP contribution in [0.15, 0.2) is 24.3 Å². The zero-order valence-electron chi connectivity index (χ0n) is 22.7. The maximum Gasteiger partial charge on any atom is 0.250 e. The number of aryl methyl sites for hydroxylation is 1. The van der Waals surface area contributed by atoms with E-state index in [1.165, 1.54) is 0 Å². The second-order valence-corrected chi connectivity index (χ2v) is 15.8. The molecule has 1 unspecified atom stereocenters. The van der Waals surface area contributed by atoms with Gasteiger partial charge in [0, 0.05) is 31.1 Å². The van der Waals surface area contributed by atoms with E-state index in [2.05, 4.69) is 88.4 Å². The number of hydrogen-bond acceptors (Lipinski definition) is 6. The molecule has 0 radical (unpaired) electrons. The van der Waals surface area contributed by atoms with Crippen LogP contribution in [0.4, 0.5) is 5.95 Å². The number of imidazole rings is 1. The fraction of sp³-hybridized carbons (Fsp3) is 0.593. The molecule has 0 aliphatic carbocycles. The second-order valence-electron chi connectivity index (χ2n) is 11.0. The fourth-order valence-corrected chi connectivity index (χ4v) is 5.19. The molecule has 7 nitrogen and oxygen atoms in total. The Morgan fingerprint density at radius 1 is 1.09 bits per heavy atom. The lowest BCUT2D eigenvalue weighted by Gasteiger charge is -2.36. The molecule has 2 aromatic heterocycles. The molecule has 0 saturated carbocycles. The van der Waals surface area contributed by atoms with E-state index < -0.39 is 8.32 Å². The molecule has 1 atom stereocenters. The zero-order chi connectivity index (χ0) is 25.4. The Hall–Kier alpha value is -2.45. The number of benzene rings is 1. The van der Waals surface area contributed by atoms with Crippen molar-refractivity contribution in [3.05, 3.63) is 30.1 Å². The van der Waals surface area contributed by atoms with E-state index in [1.807, 2.05) is 0 Å². The van der Waals surface area contributed by atoms with Crippen LogP contribution in [0, 0.1) is 0 Å². The normalized spacial score (nSPS) is 16.1. The van der Waals surface area contributed by atoms with Gasteiger partial charge in [0.05, 0.1) is 13.2 Å². The molecule has 1 aliphatic rings. The van der Waals surface area contributed by atoms with Crippen molar-refractivity contribution in [2.75, 3.05) is 31.2 Å². The predicted molar refractivity (Wildman–Crippen MR) is 146 cm³/mol. The molecule has 35 heavy (non-hydrogen) atoms. The van der Waals surface area contributed by atoms with Gasteiger partial charge in [-0.2, -0.15) is 4.98 Å². The van der Waals surface area contributed by atoms with E-state index in [4.69, 9.17) is 24.1 Å². The van der Waals surface area contributed by atoms with E-state index in [0.717, 1.165) is 65.9 Å². The Labute approximate surface area is 211 Å². The van der Waals surface area contributed by atoms with Crippen LogP contribution >= 0.6 is 0 Å². The summed E-state index contributed by atoms with van der Waals surface area (Å²) in [5.74, 6) is 2.70. The number of nitrogens with zero attached hydrogens (tertiary/aromatic N) is 5. The maximum absolute atomic E-state index is 6.64. The summed E-state index contributed by atoms with van der Waals surface area (Å²) in [4.78, 5) is 17.5. The van der Waals surface area contributed by atoms with Crippen molar-refractivity contribution < 1.29 is 9.16 Å². The Morgan fingerprint density at radius 3 is 2.43 bits per heavy atom. The third kappa shape index (κ3) is 5.09. The lowest BCUT2D eigenvalue weighted by Crippen LogP contribution is -2.43. The summed E-state index contributed by atoms with van der Waals surface area (Å²) in [5.41, 5.74) is 3.66. The molecule has 0 spiro atoms. The first kappa shape index (κ1) is 25.6. The van der Waals surface area contributed by atoms with Crippen molar-refractivity contribution in [1.29, 1.82) is 0 Å². The Bertz CT molecular complexity index is 1180. The third-order valence-electron chi connectivity index (χ3n) is 7.53. The Morgan fingerprint density at radius 2 is 1.80 bits per heavy atom. The molecule has 0 amide bonds. The van der Waals surface area contributed by atoms with Crippen LogP contribution in [0.2, 0.25) is 18.1 Å². The minimum Gasteiger partial charge on any atom is -0.543 e. The van der Waals surface area contributed by atoms with Crippen LogP contribution in [0.25, 0.3) is 22.4 Å². The van der Waals surface area contributed by atoms with Crippen molar-refractivity contribution in [3.63, 3.8) is 0 Å². The molecule has 1 aromatic carbocycles. The number of aromatic nitrogens is 4. The SMILES string of the molecule is CCc1nc2c(-c3cccc(O[Si](C)(C)C(C)(C)C)c3)nc(N3CCOCC3)nc2n1C(C)CC. The van der Waals surface area contributed by atoms with Gasteiger partial charge in [0.25, 0.3) is 0 Å². The number of morpholine rings is 1. The first-order valence-corrected chi connectivity index (χ1v) is 15.9. The highest BCUT2D eigenvalue weighted by Crippen LogP contribution is 2.39. The van der Waals surface area contributed by atoms with Gasteiger partial charge >= 0.3 is 0 Å². The smallest absolute Gasteiger partial charge is 0.250 e. The van der Waals surface area contributed by atoms with Crippen LogP contribution in [-0.2, 0) is 11.2 Å². The highest BCUT2D eigenvalue weighted by Gasteiger charge is 2.39. The summed E-state index contributed by atoms with van der Waals surface area (Å²) in [6, 6.07) is 8.66. The number of fused-ring (bicyclic) bond motifs is 1. The average Bonchev–Trinajstić information content (AvgIpc) is 3.21. The van der Waals surface area contributed by atoms with Gasteiger partial charge in [-0.05, 0) is 43.6 Å². The maximum atomic E-state index is 6.64. The largest absolute Gasteiger partial charge is 0.543 e. The Kier molecular flexibility index (Phi) is 7.25. The summed E-state index contributed by atoms with van der Waals surface area (Å²) in [5, 5.41) is 0.125. The first-order valence-electron chi connectivity index (χ1n) is 13.0. The van der Waals surface area contributed by atoms with Crippen molar-refractivity contribution in [2.45, 2.75) is 78.6 Å². The van der Waals surface area contributed by atoms with E-state index in [9.17, 15) is 0 Å². The van der Waals surface area contributed by atoms with E-state index >= 15 is 0 Å². The number of hydrogen-bond donors (Lipinski definition) is 0. The van der Waals surface area contributed by atoms with Gasteiger partial charge in [-0.25, -0.2) is 9.97 Å². The molecule has 8 heteroatoms. The average molecular weight is 496 g/mol. The molecule has 190 valence electrons. The fourth-order valence-electron chi connectivity index (χ4n) is 4.16. The predicted octanol–water partition coefficient (Wildman–Crippen LogP) is 6.25. The van der Waals surface area contributed by atoms with Gasteiger partial charge < -0.3 is 18.6 Å². The van der Waals surface area contributed by atoms with Crippen LogP contribution in [0.1, 0.15) is 59.8 Å². The van der Waals surface area contributed by atoms with Crippen LogP contribution in [0.3, 0.4) is 0 Å². The summed E-state index contributed by atoms with van der Waals surface area (Å²) in [6.45, 7) is 20.9. The first-order chi connectivity index (χ1) is 16.6. The van der Waals surface area contributed by atoms with E-state index in [0.29, 0.717) is 19.3 Å². The van der Waals surface area contributed by atoms with Gasteiger partial charge in [-0.15, -0.1) is 0 Å². The molecular weight excluding hydrogens is 454 g/mol. The molecule has 0 N–H and O–H groups in total. The summed E-state index contributed by atoms with van der Waals surface area (Å²) >= 11 is 0. The molecule has 3 heterocycles. The van der Waals surface area contributed by atoms with Gasteiger partial charge in [0.2, 0.25) is 14.3 Å². The monoisotopic (exact) mass is 495 g/mol. The molecule has 1 aliphatic heterocycles. The summed E-state index contributed by atoms with van der Waals surface area (Å²) in [6.07, 6.45) is 1.86. The quantitative estimate of drug-likeness (QED) is 0.361. The van der Waals surface area contributed by atoms with Crippen LogP contribution < -0.4 is 9.33 Å². The standard InChI is InChI=1S/C27H41N5O2Si/c1-9-19(3)32-22(10-2)28-24-23(29-26(30-25(24)32)31-14-16-33-17-15-31)20-12-11-13-21(18-20)34-35(7,8)27(4,5)6/h11-13,18-19H,9-10,14-17H2,1-8H3. The minimum absolute atomic E-state index is 0.125. The van der Waals surface area contributed by atoms with E-state index in [-0.39, 0.29) is 5.04 Å². The van der Waals surface area contributed by atoms with E-state index in [1.54, 1.807) is 0 Å². The third-order valence-corrected chi connectivity index (χ3v) is 11.9. The topological polar surface area (TPSA) is 65.3 Å². The summed E-state index contributed by atoms with van der Waals surface area (Å²) in [7, 11) is -1.97. The molecule has 4 rings (SSSR count). The molecule has 0 bridgehead atoms.